The van der Waals surface area contributed by atoms with E-state index in [1.807, 2.05) is 23.5 Å². The molecule has 0 atom stereocenters. The second-order valence-corrected chi connectivity index (χ2v) is 22.9. The molecule has 1 aliphatic rings. The maximum absolute atomic E-state index is 12.5. The van der Waals surface area contributed by atoms with Gasteiger partial charge in [0.1, 0.15) is 11.5 Å². The van der Waals surface area contributed by atoms with Crippen molar-refractivity contribution < 1.29 is 29.3 Å². The molecule has 1 saturated carbocycles. The van der Waals surface area contributed by atoms with Crippen molar-refractivity contribution in [1.82, 2.24) is 0 Å². The Balaban J connectivity index is 1.28. The third-order valence-corrected chi connectivity index (χ3v) is 13.5. The SMILES string of the molecule is CC(C)(C)c1cc(CCCOC(=O)CCSC2CCCC(SCCC(=O)OCCCc3cc(C(C)(C)C)c(O)c(C(C)(C)C)c3)CCC2)cc(C(C)(C)C)c1O. The van der Waals surface area contributed by atoms with Gasteiger partial charge in [-0.15, -0.1) is 0 Å². The normalized spacial score (nSPS) is 17.3. The number of thioether (sulfide) groups is 2. The fraction of sp³-hybridized carbons (Fsp3) is 0.708. The van der Waals surface area contributed by atoms with Crippen molar-refractivity contribution in [2.45, 2.75) is 192 Å². The summed E-state index contributed by atoms with van der Waals surface area (Å²) in [7, 11) is 0. The zero-order valence-corrected chi connectivity index (χ0v) is 38.8. The zero-order chi connectivity index (χ0) is 41.9. The summed E-state index contributed by atoms with van der Waals surface area (Å²) in [6, 6.07) is 8.46. The third-order valence-electron chi connectivity index (χ3n) is 10.7. The first-order valence-electron chi connectivity index (χ1n) is 21.2. The van der Waals surface area contributed by atoms with Crippen molar-refractivity contribution in [3.63, 3.8) is 0 Å². The second kappa shape index (κ2) is 21.1. The summed E-state index contributed by atoms with van der Waals surface area (Å²) in [6.07, 6.45) is 11.1. The van der Waals surface area contributed by atoms with Gasteiger partial charge in [0.05, 0.1) is 26.1 Å². The van der Waals surface area contributed by atoms with E-state index in [-0.39, 0.29) is 33.6 Å². The minimum absolute atomic E-state index is 0.114. The highest BCUT2D eigenvalue weighted by atomic mass is 32.2. The minimum atomic E-state index is -0.160. The largest absolute Gasteiger partial charge is 0.507 e. The monoisotopic (exact) mass is 813 g/mol. The van der Waals surface area contributed by atoms with Gasteiger partial charge in [0, 0.05) is 22.0 Å². The number of esters is 2. The molecule has 0 heterocycles. The van der Waals surface area contributed by atoms with Crippen molar-refractivity contribution >= 4 is 35.5 Å². The predicted octanol–water partition coefficient (Wildman–Crippen LogP) is 12.3. The summed E-state index contributed by atoms with van der Waals surface area (Å²) >= 11 is 3.85. The maximum atomic E-state index is 12.5. The van der Waals surface area contributed by atoms with E-state index in [1.54, 1.807) is 0 Å². The summed E-state index contributed by atoms with van der Waals surface area (Å²) in [5, 5.41) is 23.2. The molecule has 0 aliphatic heterocycles. The Labute approximate surface area is 349 Å². The number of phenolic OH excluding ortho intramolecular Hbond substituents is 2. The molecule has 1 fully saturated rings. The van der Waals surface area contributed by atoms with Crippen LogP contribution >= 0.6 is 23.5 Å². The minimum Gasteiger partial charge on any atom is -0.507 e. The van der Waals surface area contributed by atoms with Gasteiger partial charge >= 0.3 is 11.9 Å². The van der Waals surface area contributed by atoms with Crippen LogP contribution in [-0.4, -0.2) is 57.4 Å². The van der Waals surface area contributed by atoms with Crippen molar-refractivity contribution in [2.75, 3.05) is 24.7 Å². The van der Waals surface area contributed by atoms with E-state index in [2.05, 4.69) is 107 Å². The first-order chi connectivity index (χ1) is 26.0. The van der Waals surface area contributed by atoms with E-state index in [0.717, 1.165) is 59.4 Å². The van der Waals surface area contributed by atoms with Crippen molar-refractivity contribution in [2.24, 2.45) is 0 Å². The van der Waals surface area contributed by atoms with Crippen LogP contribution in [0.2, 0.25) is 0 Å². The van der Waals surface area contributed by atoms with E-state index >= 15 is 0 Å². The van der Waals surface area contributed by atoms with Crippen LogP contribution in [0.3, 0.4) is 0 Å². The fourth-order valence-electron chi connectivity index (χ4n) is 7.42. The molecule has 3 rings (SSSR count). The van der Waals surface area contributed by atoms with Crippen LogP contribution in [0, 0.1) is 0 Å². The lowest BCUT2D eigenvalue weighted by Crippen LogP contribution is -2.18. The van der Waals surface area contributed by atoms with E-state index in [0.29, 0.717) is 48.1 Å². The molecule has 2 aromatic rings. The smallest absolute Gasteiger partial charge is 0.306 e. The molecule has 0 amide bonds. The first-order valence-corrected chi connectivity index (χ1v) is 23.3. The lowest BCUT2D eigenvalue weighted by atomic mass is 9.78. The summed E-state index contributed by atoms with van der Waals surface area (Å²) in [5.74, 6) is 2.17. The molecular formula is C48H76O6S2. The van der Waals surface area contributed by atoms with Gasteiger partial charge in [0.2, 0.25) is 0 Å². The molecule has 0 radical (unpaired) electrons. The molecular weight excluding hydrogens is 737 g/mol. The third kappa shape index (κ3) is 15.8. The number of aromatic hydroxyl groups is 2. The van der Waals surface area contributed by atoms with Gasteiger partial charge in [-0.1, -0.05) is 120 Å². The van der Waals surface area contributed by atoms with E-state index in [1.165, 1.54) is 49.7 Å². The average Bonchev–Trinajstić information content (AvgIpc) is 3.05. The van der Waals surface area contributed by atoms with Gasteiger partial charge < -0.3 is 19.7 Å². The van der Waals surface area contributed by atoms with Crippen LogP contribution in [0.15, 0.2) is 24.3 Å². The van der Waals surface area contributed by atoms with Gasteiger partial charge in [-0.05, 0) is 106 Å². The Morgan fingerprint density at radius 1 is 0.554 bits per heavy atom. The van der Waals surface area contributed by atoms with Gasteiger partial charge in [0.25, 0.3) is 0 Å². The summed E-state index contributed by atoms with van der Waals surface area (Å²) < 4.78 is 11.2. The molecule has 2 N–H and O–H groups in total. The highest BCUT2D eigenvalue weighted by Crippen LogP contribution is 2.41. The number of carbonyl (C=O) groups excluding carboxylic acids is 2. The van der Waals surface area contributed by atoms with Gasteiger partial charge in [0.15, 0.2) is 0 Å². The molecule has 1 aliphatic carbocycles. The molecule has 0 spiro atoms. The van der Waals surface area contributed by atoms with Crippen molar-refractivity contribution in [1.29, 1.82) is 0 Å². The Hall–Kier alpha value is -2.32. The van der Waals surface area contributed by atoms with E-state index in [4.69, 9.17) is 9.47 Å². The van der Waals surface area contributed by atoms with Crippen molar-refractivity contribution in [3.8, 4) is 11.5 Å². The Morgan fingerprint density at radius 3 is 1.11 bits per heavy atom. The first kappa shape index (κ1) is 48.1. The second-order valence-electron chi connectivity index (χ2n) is 20.1. The van der Waals surface area contributed by atoms with Crippen LogP contribution in [0.25, 0.3) is 0 Å². The number of ether oxygens (including phenoxy) is 2. The molecule has 8 heteroatoms. The van der Waals surface area contributed by atoms with E-state index in [9.17, 15) is 19.8 Å². The van der Waals surface area contributed by atoms with Crippen LogP contribution in [0.4, 0.5) is 0 Å². The summed E-state index contributed by atoms with van der Waals surface area (Å²) in [4.78, 5) is 25.1. The van der Waals surface area contributed by atoms with Crippen LogP contribution < -0.4 is 0 Å². The van der Waals surface area contributed by atoms with E-state index < -0.39 is 0 Å². The summed E-state index contributed by atoms with van der Waals surface area (Å²) in [6.45, 7) is 26.4. The predicted molar refractivity (Wildman–Crippen MR) is 239 cm³/mol. The molecule has 2 aromatic carbocycles. The molecule has 0 aromatic heterocycles. The fourth-order valence-corrected chi connectivity index (χ4v) is 9.99. The molecule has 0 bridgehead atoms. The van der Waals surface area contributed by atoms with Crippen LogP contribution in [0.1, 0.15) is 181 Å². The van der Waals surface area contributed by atoms with Crippen LogP contribution in [0.5, 0.6) is 11.5 Å². The number of carbonyl (C=O) groups is 2. The Kier molecular flexibility index (Phi) is 18.1. The topological polar surface area (TPSA) is 93.1 Å². The number of hydrogen-bond donors (Lipinski definition) is 2. The van der Waals surface area contributed by atoms with Crippen molar-refractivity contribution in [3.05, 3.63) is 57.6 Å². The maximum Gasteiger partial charge on any atom is 0.306 e. The number of aryl methyl sites for hydroxylation is 2. The molecule has 316 valence electrons. The molecule has 0 saturated heterocycles. The van der Waals surface area contributed by atoms with Gasteiger partial charge in [-0.25, -0.2) is 0 Å². The number of hydrogen-bond acceptors (Lipinski definition) is 8. The number of phenols is 2. The lowest BCUT2D eigenvalue weighted by molar-refractivity contribution is -0.144. The molecule has 56 heavy (non-hydrogen) atoms. The lowest BCUT2D eigenvalue weighted by Gasteiger charge is -2.28. The highest BCUT2D eigenvalue weighted by Gasteiger charge is 2.28. The Morgan fingerprint density at radius 2 is 0.839 bits per heavy atom. The zero-order valence-electron chi connectivity index (χ0n) is 37.1. The quantitative estimate of drug-likeness (QED) is 0.128. The molecule has 0 unspecified atom stereocenters. The molecule has 6 nitrogen and oxygen atoms in total. The summed E-state index contributed by atoms with van der Waals surface area (Å²) in [5.41, 5.74) is 5.58. The number of benzene rings is 2. The average molecular weight is 813 g/mol. The highest BCUT2D eigenvalue weighted by molar-refractivity contribution is 8.00. The standard InChI is InChI=1S/C48H76O6S2/c1-45(2,3)37-29-33(30-38(43(37)51)46(4,5)6)17-15-25-53-41(49)23-27-55-35-19-13-21-36(22-14-20-35)56-28-24-42(50)54-26-16-18-34-31-39(47(7,8)9)44(52)40(32-34)48(10,11)12/h29-32,35-36,51-52H,13-28H2,1-12H3. The van der Waals surface area contributed by atoms with Crippen LogP contribution in [-0.2, 0) is 53.6 Å². The number of rotatable bonds is 16. The Bertz CT molecular complexity index is 1370. The van der Waals surface area contributed by atoms with Gasteiger partial charge in [-0.2, -0.15) is 23.5 Å². The van der Waals surface area contributed by atoms with Gasteiger partial charge in [-0.3, -0.25) is 9.59 Å².